The van der Waals surface area contributed by atoms with Gasteiger partial charge in [-0.05, 0) is 43.2 Å². The molecule has 4 aromatic rings. The Morgan fingerprint density at radius 1 is 0.946 bits per heavy atom. The predicted molar refractivity (Wildman–Crippen MR) is 148 cm³/mol. The van der Waals surface area contributed by atoms with Crippen LogP contribution >= 0.6 is 0 Å². The highest BCUT2D eigenvalue weighted by atomic mass is 16.5. The van der Waals surface area contributed by atoms with Gasteiger partial charge in [0.1, 0.15) is 17.1 Å². The summed E-state index contributed by atoms with van der Waals surface area (Å²) in [6.07, 6.45) is 3.50. The van der Waals surface area contributed by atoms with Crippen molar-refractivity contribution in [2.24, 2.45) is 0 Å². The number of allylic oxidation sites excluding steroid dienone is 1. The number of hydrogen-bond acceptors (Lipinski definition) is 5. The molecule has 37 heavy (non-hydrogen) atoms. The minimum absolute atomic E-state index is 0.0101. The number of carbonyl (C=O) groups excluding carboxylic acids is 1. The summed E-state index contributed by atoms with van der Waals surface area (Å²) in [5.41, 5.74) is 6.92. The van der Waals surface area contributed by atoms with Crippen molar-refractivity contribution in [2.75, 3.05) is 45.3 Å². The fourth-order valence-electron chi connectivity index (χ4n) is 4.84. The van der Waals surface area contributed by atoms with E-state index < -0.39 is 0 Å². The summed E-state index contributed by atoms with van der Waals surface area (Å²) in [5.74, 6) is 1.53. The normalized spacial score (nSPS) is 14.2. The molecule has 0 saturated carbocycles. The lowest BCUT2D eigenvalue weighted by molar-refractivity contribution is -0.126. The van der Waals surface area contributed by atoms with E-state index in [0.717, 1.165) is 57.8 Å². The summed E-state index contributed by atoms with van der Waals surface area (Å²) in [4.78, 5) is 17.4. The van der Waals surface area contributed by atoms with E-state index in [1.807, 2.05) is 36.1 Å². The topological polar surface area (TPSA) is 55.2 Å². The number of ether oxygens (including phenoxy) is 2. The van der Waals surface area contributed by atoms with Gasteiger partial charge in [0.05, 0.1) is 20.5 Å². The average molecular weight is 497 g/mol. The predicted octanol–water partition coefficient (Wildman–Crippen LogP) is 6.18. The lowest BCUT2D eigenvalue weighted by atomic mass is 9.98. The molecule has 0 bridgehead atoms. The molecule has 0 radical (unpaired) electrons. The third-order valence-corrected chi connectivity index (χ3v) is 7.03. The number of hydrogen-bond donors (Lipinski definition) is 0. The van der Waals surface area contributed by atoms with Gasteiger partial charge >= 0.3 is 0 Å². The van der Waals surface area contributed by atoms with E-state index in [1.54, 1.807) is 26.6 Å². The van der Waals surface area contributed by atoms with Gasteiger partial charge in [0.25, 0.3) is 0 Å². The number of nitrogens with zero attached hydrogens (tertiary/aromatic N) is 2. The summed E-state index contributed by atoms with van der Waals surface area (Å²) in [6.45, 7) is 6.90. The molecule has 5 rings (SSSR count). The smallest absolute Gasteiger partial charge is 0.246 e. The molecule has 1 fully saturated rings. The third kappa shape index (κ3) is 5.05. The first-order valence-corrected chi connectivity index (χ1v) is 12.5. The first-order valence-electron chi connectivity index (χ1n) is 12.5. The van der Waals surface area contributed by atoms with Gasteiger partial charge in [-0.15, -0.1) is 0 Å². The number of benzene rings is 3. The lowest BCUT2D eigenvalue weighted by Gasteiger charge is -2.35. The van der Waals surface area contributed by atoms with Crippen molar-refractivity contribution in [3.63, 3.8) is 0 Å². The van der Waals surface area contributed by atoms with Crippen molar-refractivity contribution in [3.05, 3.63) is 84.1 Å². The van der Waals surface area contributed by atoms with Crippen LogP contribution in [0.5, 0.6) is 11.5 Å². The van der Waals surface area contributed by atoms with E-state index in [1.165, 1.54) is 5.56 Å². The second-order valence-electron chi connectivity index (χ2n) is 9.41. The summed E-state index contributed by atoms with van der Waals surface area (Å²) < 4.78 is 16.9. The first kappa shape index (κ1) is 24.5. The SMILES string of the molecule is COc1cccc(N2CCN(C(=O)/C=C(\C)c3cc4c(-c5ccc(C)cc5)coc4cc3OC)CC2)c1. The summed E-state index contributed by atoms with van der Waals surface area (Å²) in [7, 11) is 3.31. The fourth-order valence-corrected chi connectivity index (χ4v) is 4.84. The summed E-state index contributed by atoms with van der Waals surface area (Å²) >= 11 is 0. The van der Waals surface area contributed by atoms with Crippen molar-refractivity contribution in [1.29, 1.82) is 0 Å². The molecule has 0 aliphatic carbocycles. The summed E-state index contributed by atoms with van der Waals surface area (Å²) in [5, 5.41) is 0.992. The Morgan fingerprint density at radius 2 is 1.70 bits per heavy atom. The maximum absolute atomic E-state index is 13.2. The van der Waals surface area contributed by atoms with Gasteiger partial charge in [-0.2, -0.15) is 0 Å². The van der Waals surface area contributed by atoms with Crippen LogP contribution in [0.15, 0.2) is 77.4 Å². The van der Waals surface area contributed by atoms with Crippen LogP contribution in [0.4, 0.5) is 5.69 Å². The molecular weight excluding hydrogens is 464 g/mol. The van der Waals surface area contributed by atoms with Gasteiger partial charge in [-0.1, -0.05) is 35.9 Å². The number of furan rings is 1. The van der Waals surface area contributed by atoms with Crippen molar-refractivity contribution >= 4 is 28.1 Å². The van der Waals surface area contributed by atoms with Crippen LogP contribution < -0.4 is 14.4 Å². The second kappa shape index (κ2) is 10.4. The minimum Gasteiger partial charge on any atom is -0.497 e. The molecule has 3 aromatic carbocycles. The molecular formula is C31H32N2O4. The Labute approximate surface area is 217 Å². The Hall–Kier alpha value is -4.19. The van der Waals surface area contributed by atoms with Crippen LogP contribution in [-0.4, -0.2) is 51.2 Å². The number of carbonyl (C=O) groups is 1. The number of methoxy groups -OCH3 is 2. The molecule has 1 aliphatic rings. The van der Waals surface area contributed by atoms with Crippen molar-refractivity contribution in [1.82, 2.24) is 4.90 Å². The zero-order chi connectivity index (χ0) is 25.9. The van der Waals surface area contributed by atoms with Crippen molar-refractivity contribution < 1.29 is 18.7 Å². The number of aryl methyl sites for hydroxylation is 1. The molecule has 190 valence electrons. The minimum atomic E-state index is 0.0101. The molecule has 1 saturated heterocycles. The van der Waals surface area contributed by atoms with E-state index in [4.69, 9.17) is 13.9 Å². The monoisotopic (exact) mass is 496 g/mol. The molecule has 0 unspecified atom stereocenters. The van der Waals surface area contributed by atoms with Crippen molar-refractivity contribution in [3.8, 4) is 22.6 Å². The van der Waals surface area contributed by atoms with Gasteiger partial charge in [0.15, 0.2) is 0 Å². The number of anilines is 1. The lowest BCUT2D eigenvalue weighted by Crippen LogP contribution is -2.48. The molecule has 1 aromatic heterocycles. The average Bonchev–Trinajstić information content (AvgIpc) is 3.35. The maximum atomic E-state index is 13.2. The largest absolute Gasteiger partial charge is 0.497 e. The Bertz CT molecular complexity index is 1440. The van der Waals surface area contributed by atoms with Gasteiger partial charge < -0.3 is 23.7 Å². The Balaban J connectivity index is 1.36. The standard InChI is InChI=1S/C31H32N2O4/c1-21-8-10-23(11-9-21)28-20-37-30-19-29(36-4)26(18-27(28)30)22(2)16-31(34)33-14-12-32(13-15-33)24-6-5-7-25(17-24)35-3/h5-11,16-20H,12-15H2,1-4H3/b22-16+. The summed E-state index contributed by atoms with van der Waals surface area (Å²) in [6, 6.07) is 20.4. The molecule has 1 aliphatic heterocycles. The molecule has 0 spiro atoms. The van der Waals surface area contributed by atoms with Crippen LogP contribution in [0.25, 0.3) is 27.7 Å². The van der Waals surface area contributed by atoms with Crippen LogP contribution in [0.1, 0.15) is 18.1 Å². The van der Waals surface area contributed by atoms with E-state index in [2.05, 4.69) is 48.2 Å². The Morgan fingerprint density at radius 3 is 2.41 bits per heavy atom. The quantitative estimate of drug-likeness (QED) is 0.299. The van der Waals surface area contributed by atoms with Gasteiger partial charge in [-0.25, -0.2) is 0 Å². The zero-order valence-corrected chi connectivity index (χ0v) is 21.8. The fraction of sp³-hybridized carbons (Fsp3) is 0.258. The second-order valence-corrected chi connectivity index (χ2v) is 9.41. The van der Waals surface area contributed by atoms with Crippen LogP contribution in [0.2, 0.25) is 0 Å². The van der Waals surface area contributed by atoms with E-state index >= 15 is 0 Å². The molecule has 0 atom stereocenters. The molecule has 0 N–H and O–H groups in total. The van der Waals surface area contributed by atoms with E-state index in [0.29, 0.717) is 18.8 Å². The van der Waals surface area contributed by atoms with Crippen LogP contribution in [0, 0.1) is 6.92 Å². The number of piperazine rings is 1. The van der Waals surface area contributed by atoms with Gasteiger partial charge in [0, 0.05) is 66.6 Å². The first-order chi connectivity index (χ1) is 18.0. The van der Waals surface area contributed by atoms with E-state index in [9.17, 15) is 4.79 Å². The highest BCUT2D eigenvalue weighted by molar-refractivity contribution is 6.00. The molecule has 6 nitrogen and oxygen atoms in total. The number of amides is 1. The highest BCUT2D eigenvalue weighted by Crippen LogP contribution is 2.37. The van der Waals surface area contributed by atoms with Crippen LogP contribution in [-0.2, 0) is 4.79 Å². The molecule has 1 amide bonds. The van der Waals surface area contributed by atoms with Crippen LogP contribution in [0.3, 0.4) is 0 Å². The van der Waals surface area contributed by atoms with Gasteiger partial charge in [0.2, 0.25) is 5.91 Å². The number of fused-ring (bicyclic) bond motifs is 1. The molecule has 2 heterocycles. The third-order valence-electron chi connectivity index (χ3n) is 7.03. The van der Waals surface area contributed by atoms with Crippen molar-refractivity contribution in [2.45, 2.75) is 13.8 Å². The molecule has 6 heteroatoms. The van der Waals surface area contributed by atoms with Gasteiger partial charge in [-0.3, -0.25) is 4.79 Å². The highest BCUT2D eigenvalue weighted by Gasteiger charge is 2.21. The maximum Gasteiger partial charge on any atom is 0.246 e. The zero-order valence-electron chi connectivity index (χ0n) is 21.8. The Kier molecular flexibility index (Phi) is 6.91. The number of rotatable bonds is 6. The van der Waals surface area contributed by atoms with E-state index in [-0.39, 0.29) is 5.91 Å².